The van der Waals surface area contributed by atoms with E-state index in [0.717, 1.165) is 11.6 Å². The van der Waals surface area contributed by atoms with Gasteiger partial charge in [0.2, 0.25) is 0 Å². The second-order valence-electron chi connectivity index (χ2n) is 4.47. The number of hydrogen-bond acceptors (Lipinski definition) is 1. The minimum absolute atomic E-state index is 0.289. The maximum Gasteiger partial charge on any atom is 0.130 e. The first kappa shape index (κ1) is 15.2. The van der Waals surface area contributed by atoms with Gasteiger partial charge in [0.05, 0.1) is 0 Å². The third kappa shape index (κ3) is 3.48. The van der Waals surface area contributed by atoms with Gasteiger partial charge < -0.3 is 5.32 Å². The Hall–Kier alpha value is -1.16. The van der Waals surface area contributed by atoms with Gasteiger partial charge in [0, 0.05) is 39.8 Å². The molecule has 2 rings (SSSR count). The zero-order valence-corrected chi connectivity index (χ0v) is 12.3. The molecule has 0 saturated carbocycles. The van der Waals surface area contributed by atoms with Crippen molar-refractivity contribution in [3.63, 3.8) is 0 Å². The van der Waals surface area contributed by atoms with Crippen LogP contribution >= 0.6 is 23.2 Å². The zero-order chi connectivity index (χ0) is 14.7. The summed E-state index contributed by atoms with van der Waals surface area (Å²) < 4.78 is 26.5. The van der Waals surface area contributed by atoms with Gasteiger partial charge in [-0.1, -0.05) is 35.3 Å². The molecule has 0 saturated heterocycles. The molecule has 1 atom stereocenters. The van der Waals surface area contributed by atoms with Crippen LogP contribution in [0, 0.1) is 11.6 Å². The molecule has 0 bridgehead atoms. The summed E-state index contributed by atoms with van der Waals surface area (Å²) in [4.78, 5) is 0. The Bertz CT molecular complexity index is 597. The molecule has 20 heavy (non-hydrogen) atoms. The quantitative estimate of drug-likeness (QED) is 0.825. The highest BCUT2D eigenvalue weighted by atomic mass is 35.5. The Labute approximate surface area is 126 Å². The highest BCUT2D eigenvalue weighted by molar-refractivity contribution is 6.35. The van der Waals surface area contributed by atoms with Gasteiger partial charge in [-0.05, 0) is 25.1 Å². The maximum atomic E-state index is 13.7. The van der Waals surface area contributed by atoms with E-state index in [2.05, 4.69) is 5.32 Å². The van der Waals surface area contributed by atoms with Crippen molar-refractivity contribution in [2.75, 3.05) is 0 Å². The van der Waals surface area contributed by atoms with E-state index >= 15 is 0 Å². The lowest BCUT2D eigenvalue weighted by atomic mass is 10.1. The van der Waals surface area contributed by atoms with Crippen molar-refractivity contribution in [3.05, 3.63) is 69.2 Å². The van der Waals surface area contributed by atoms with Crippen molar-refractivity contribution >= 4 is 23.2 Å². The predicted octanol–water partition coefficient (Wildman–Crippen LogP) is 5.12. The van der Waals surface area contributed by atoms with Gasteiger partial charge in [0.1, 0.15) is 11.6 Å². The Morgan fingerprint density at radius 3 is 2.35 bits per heavy atom. The van der Waals surface area contributed by atoms with Crippen LogP contribution in [0.5, 0.6) is 0 Å². The van der Waals surface area contributed by atoms with E-state index in [1.54, 1.807) is 25.1 Å². The summed E-state index contributed by atoms with van der Waals surface area (Å²) in [5, 5.41) is 4.23. The van der Waals surface area contributed by atoms with Crippen LogP contribution in [0.4, 0.5) is 8.78 Å². The lowest BCUT2D eigenvalue weighted by molar-refractivity contribution is 0.518. The van der Waals surface area contributed by atoms with E-state index in [-0.39, 0.29) is 6.04 Å². The van der Waals surface area contributed by atoms with Crippen LogP contribution in [0.3, 0.4) is 0 Å². The minimum atomic E-state index is -0.590. The van der Waals surface area contributed by atoms with Gasteiger partial charge >= 0.3 is 0 Å². The maximum absolute atomic E-state index is 13.7. The van der Waals surface area contributed by atoms with Gasteiger partial charge in [-0.25, -0.2) is 8.78 Å². The lowest BCUT2D eigenvalue weighted by Crippen LogP contribution is -2.19. The lowest BCUT2D eigenvalue weighted by Gasteiger charge is -2.16. The average molecular weight is 316 g/mol. The molecule has 0 aliphatic heterocycles. The van der Waals surface area contributed by atoms with E-state index in [1.165, 1.54) is 12.1 Å². The highest BCUT2D eigenvalue weighted by Crippen LogP contribution is 2.25. The summed E-state index contributed by atoms with van der Waals surface area (Å²) >= 11 is 12.1. The molecular formula is C15H13Cl2F2N. The second kappa shape index (κ2) is 6.53. The van der Waals surface area contributed by atoms with E-state index in [4.69, 9.17) is 23.2 Å². The van der Waals surface area contributed by atoms with Crippen LogP contribution in [0.2, 0.25) is 10.0 Å². The fraction of sp³-hybridized carbons (Fsp3) is 0.200. The summed E-state index contributed by atoms with van der Waals surface area (Å²) in [6.45, 7) is 2.19. The van der Waals surface area contributed by atoms with E-state index in [0.29, 0.717) is 22.2 Å². The third-order valence-corrected chi connectivity index (χ3v) is 3.78. The molecule has 0 spiro atoms. The van der Waals surface area contributed by atoms with Crippen LogP contribution in [0.1, 0.15) is 24.1 Å². The third-order valence-electron chi connectivity index (χ3n) is 3.08. The van der Waals surface area contributed by atoms with Crippen molar-refractivity contribution in [1.29, 1.82) is 0 Å². The monoisotopic (exact) mass is 315 g/mol. The van der Waals surface area contributed by atoms with Gasteiger partial charge in [0.15, 0.2) is 0 Å². The molecule has 1 nitrogen and oxygen atoms in total. The molecule has 0 aliphatic carbocycles. The second-order valence-corrected chi connectivity index (χ2v) is 5.28. The van der Waals surface area contributed by atoms with Crippen LogP contribution in [0.25, 0.3) is 0 Å². The molecule has 0 heterocycles. The molecule has 0 fully saturated rings. The Balaban J connectivity index is 2.11. The van der Waals surface area contributed by atoms with Crippen molar-refractivity contribution < 1.29 is 8.78 Å². The van der Waals surface area contributed by atoms with Crippen molar-refractivity contribution in [3.8, 4) is 0 Å². The molecule has 1 unspecified atom stereocenters. The van der Waals surface area contributed by atoms with Crippen LogP contribution in [0.15, 0.2) is 36.4 Å². The van der Waals surface area contributed by atoms with Gasteiger partial charge in [0.25, 0.3) is 0 Å². The summed E-state index contributed by atoms with van der Waals surface area (Å²) in [7, 11) is 0. The molecule has 1 N–H and O–H groups in total. The van der Waals surface area contributed by atoms with E-state index < -0.39 is 11.6 Å². The summed E-state index contributed by atoms with van der Waals surface area (Å²) in [5.74, 6) is -1.16. The highest BCUT2D eigenvalue weighted by Gasteiger charge is 2.13. The molecule has 0 amide bonds. The van der Waals surface area contributed by atoms with Crippen LogP contribution < -0.4 is 5.32 Å². The van der Waals surface area contributed by atoms with Gasteiger partial charge in [-0.3, -0.25) is 0 Å². The predicted molar refractivity (Wildman–Crippen MR) is 78.1 cm³/mol. The first-order valence-electron chi connectivity index (χ1n) is 6.10. The number of nitrogens with one attached hydrogen (secondary N) is 1. The normalized spacial score (nSPS) is 12.4. The smallest absolute Gasteiger partial charge is 0.130 e. The van der Waals surface area contributed by atoms with Crippen LogP contribution in [-0.4, -0.2) is 0 Å². The molecule has 0 radical (unpaired) electrons. The molecular weight excluding hydrogens is 303 g/mol. The Morgan fingerprint density at radius 1 is 1.10 bits per heavy atom. The topological polar surface area (TPSA) is 12.0 Å². The first-order valence-corrected chi connectivity index (χ1v) is 6.86. The molecule has 2 aromatic rings. The van der Waals surface area contributed by atoms with Crippen LogP contribution in [-0.2, 0) is 6.54 Å². The van der Waals surface area contributed by atoms with Crippen molar-refractivity contribution in [2.24, 2.45) is 0 Å². The number of rotatable bonds is 4. The first-order chi connectivity index (χ1) is 9.49. The van der Waals surface area contributed by atoms with Gasteiger partial charge in [-0.15, -0.1) is 0 Å². The fourth-order valence-electron chi connectivity index (χ4n) is 1.92. The van der Waals surface area contributed by atoms with Crippen molar-refractivity contribution in [2.45, 2.75) is 19.5 Å². The fourth-order valence-corrected chi connectivity index (χ4v) is 2.45. The Morgan fingerprint density at radius 2 is 1.75 bits per heavy atom. The summed E-state index contributed by atoms with van der Waals surface area (Å²) in [6, 6.07) is 8.49. The zero-order valence-electron chi connectivity index (χ0n) is 10.8. The van der Waals surface area contributed by atoms with Crippen molar-refractivity contribution in [1.82, 2.24) is 5.32 Å². The molecule has 0 aliphatic rings. The number of benzene rings is 2. The molecule has 2 aromatic carbocycles. The number of halogens is 4. The van der Waals surface area contributed by atoms with E-state index in [1.807, 2.05) is 0 Å². The van der Waals surface area contributed by atoms with E-state index in [9.17, 15) is 8.78 Å². The molecule has 106 valence electrons. The molecule has 0 aromatic heterocycles. The SMILES string of the molecule is CC(NCc1c(Cl)cccc1Cl)c1ccc(F)cc1F. The minimum Gasteiger partial charge on any atom is -0.306 e. The molecule has 5 heteroatoms. The Kier molecular flexibility index (Phi) is 4.97. The van der Waals surface area contributed by atoms with Gasteiger partial charge in [-0.2, -0.15) is 0 Å². The summed E-state index contributed by atoms with van der Waals surface area (Å²) in [6.07, 6.45) is 0. The largest absolute Gasteiger partial charge is 0.306 e. The summed E-state index contributed by atoms with van der Waals surface area (Å²) in [5.41, 5.74) is 1.15. The average Bonchev–Trinajstić information content (AvgIpc) is 2.37. The standard InChI is InChI=1S/C15H13Cl2F2N/c1-9(11-6-5-10(18)7-15(11)19)20-8-12-13(16)3-2-4-14(12)17/h2-7,9,20H,8H2,1H3. The number of hydrogen-bond donors (Lipinski definition) is 1.